The van der Waals surface area contributed by atoms with Crippen LogP contribution in [0.3, 0.4) is 0 Å². The van der Waals surface area contributed by atoms with E-state index in [1.807, 2.05) is 0 Å². The summed E-state index contributed by atoms with van der Waals surface area (Å²) >= 11 is 0. The highest BCUT2D eigenvalue weighted by Gasteiger charge is 2.30. The van der Waals surface area contributed by atoms with Crippen molar-refractivity contribution in [3.05, 3.63) is 29.8 Å². The molecule has 1 aliphatic heterocycles. The van der Waals surface area contributed by atoms with E-state index in [0.717, 1.165) is 38.3 Å². The summed E-state index contributed by atoms with van der Waals surface area (Å²) in [6.45, 7) is 3.88. The third-order valence-electron chi connectivity index (χ3n) is 3.28. The maximum absolute atomic E-state index is 12.6. The zero-order valence-corrected chi connectivity index (χ0v) is 11.6. The van der Waals surface area contributed by atoms with E-state index in [4.69, 9.17) is 4.74 Å². The fourth-order valence-electron chi connectivity index (χ4n) is 2.20. The average Bonchev–Trinajstić information content (AvgIpc) is 2.46. The van der Waals surface area contributed by atoms with Crippen molar-refractivity contribution in [2.45, 2.75) is 12.3 Å². The number of alkyl halides is 3. The molecule has 1 heterocycles. The highest BCUT2D eigenvalue weighted by Crippen LogP contribution is 2.31. The number of halogens is 3. The van der Waals surface area contributed by atoms with Gasteiger partial charge in [-0.25, -0.2) is 0 Å². The predicted octanol–water partition coefficient (Wildman–Crippen LogP) is 1.35. The fraction of sp³-hybridized carbons (Fsp3) is 0.571. The molecule has 118 valence electrons. The monoisotopic (exact) mass is 304 g/mol. The lowest BCUT2D eigenvalue weighted by Crippen LogP contribution is -2.47. The van der Waals surface area contributed by atoms with Crippen LogP contribution in [-0.4, -0.2) is 55.4 Å². The molecule has 2 rings (SSSR count). The van der Waals surface area contributed by atoms with Gasteiger partial charge >= 0.3 is 6.18 Å². The fourth-order valence-corrected chi connectivity index (χ4v) is 2.20. The normalized spacial score (nSPS) is 18.5. The molecule has 0 radical (unpaired) electrons. The first-order chi connectivity index (χ1) is 9.95. The lowest BCUT2D eigenvalue weighted by atomic mass is 10.2. The van der Waals surface area contributed by atoms with Gasteiger partial charge < -0.3 is 15.2 Å². The van der Waals surface area contributed by atoms with Gasteiger partial charge in [-0.2, -0.15) is 13.2 Å². The summed E-state index contributed by atoms with van der Waals surface area (Å²) in [6.07, 6.45) is -5.11. The van der Waals surface area contributed by atoms with Crippen LogP contribution in [0.15, 0.2) is 24.3 Å². The quantitative estimate of drug-likeness (QED) is 0.862. The molecule has 0 aromatic heterocycles. The van der Waals surface area contributed by atoms with Crippen LogP contribution in [0, 0.1) is 0 Å². The summed E-state index contributed by atoms with van der Waals surface area (Å²) < 4.78 is 42.9. The number of hydrogen-bond acceptors (Lipinski definition) is 4. The molecular formula is C14H19F3N2O2. The largest absolute Gasteiger partial charge is 0.491 e. The Balaban J connectivity index is 1.82. The SMILES string of the molecule is OC(COc1cccc(C(F)(F)F)c1)CN1CCNCC1. The molecule has 0 aliphatic carbocycles. The Hall–Kier alpha value is -1.31. The van der Waals surface area contributed by atoms with Gasteiger partial charge in [0.05, 0.1) is 5.56 Å². The summed E-state index contributed by atoms with van der Waals surface area (Å²) in [4.78, 5) is 2.09. The van der Waals surface area contributed by atoms with Crippen molar-refractivity contribution >= 4 is 0 Å². The number of nitrogens with one attached hydrogen (secondary N) is 1. The number of β-amino-alcohol motifs (C(OH)–C–C–N with tert-alkyl or cyclic N) is 1. The Morgan fingerprint density at radius 2 is 2.00 bits per heavy atom. The zero-order valence-electron chi connectivity index (χ0n) is 11.6. The molecule has 1 atom stereocenters. The maximum Gasteiger partial charge on any atom is 0.416 e. The Kier molecular flexibility index (Phi) is 5.44. The topological polar surface area (TPSA) is 44.7 Å². The van der Waals surface area contributed by atoms with E-state index in [-0.39, 0.29) is 12.4 Å². The molecule has 0 spiro atoms. The number of aliphatic hydroxyl groups excluding tert-OH is 1. The van der Waals surface area contributed by atoms with E-state index in [9.17, 15) is 18.3 Å². The van der Waals surface area contributed by atoms with E-state index in [2.05, 4.69) is 10.2 Å². The molecule has 4 nitrogen and oxygen atoms in total. The van der Waals surface area contributed by atoms with Crippen molar-refractivity contribution in [3.63, 3.8) is 0 Å². The number of nitrogens with zero attached hydrogens (tertiary/aromatic N) is 1. The van der Waals surface area contributed by atoms with Crippen molar-refractivity contribution in [2.24, 2.45) is 0 Å². The molecule has 0 amide bonds. The minimum Gasteiger partial charge on any atom is -0.491 e. The third-order valence-corrected chi connectivity index (χ3v) is 3.28. The molecule has 0 bridgehead atoms. The van der Waals surface area contributed by atoms with Gasteiger partial charge in [-0.15, -0.1) is 0 Å². The van der Waals surface area contributed by atoms with Gasteiger partial charge in [0.1, 0.15) is 18.5 Å². The highest BCUT2D eigenvalue weighted by atomic mass is 19.4. The van der Waals surface area contributed by atoms with Gasteiger partial charge in [0.15, 0.2) is 0 Å². The van der Waals surface area contributed by atoms with Gasteiger partial charge in [0.25, 0.3) is 0 Å². The molecule has 1 aromatic carbocycles. The zero-order chi connectivity index (χ0) is 15.3. The summed E-state index contributed by atoms with van der Waals surface area (Å²) in [5.41, 5.74) is -0.753. The Labute approximate surface area is 121 Å². The summed E-state index contributed by atoms with van der Waals surface area (Å²) in [5, 5.41) is 13.1. The molecule has 21 heavy (non-hydrogen) atoms. The highest BCUT2D eigenvalue weighted by molar-refractivity contribution is 5.30. The van der Waals surface area contributed by atoms with E-state index >= 15 is 0 Å². The number of benzene rings is 1. The first-order valence-corrected chi connectivity index (χ1v) is 6.86. The molecule has 1 unspecified atom stereocenters. The second-order valence-electron chi connectivity index (χ2n) is 5.04. The Morgan fingerprint density at radius 1 is 1.29 bits per heavy atom. The van der Waals surface area contributed by atoms with Gasteiger partial charge in [-0.05, 0) is 18.2 Å². The van der Waals surface area contributed by atoms with Crippen LogP contribution in [0.5, 0.6) is 5.75 Å². The van der Waals surface area contributed by atoms with Crippen molar-refractivity contribution < 1.29 is 23.0 Å². The molecule has 1 fully saturated rings. The van der Waals surface area contributed by atoms with E-state index in [1.165, 1.54) is 12.1 Å². The van der Waals surface area contributed by atoms with E-state index < -0.39 is 17.8 Å². The van der Waals surface area contributed by atoms with Gasteiger partial charge in [0.2, 0.25) is 0 Å². The van der Waals surface area contributed by atoms with Crippen LogP contribution < -0.4 is 10.1 Å². The van der Waals surface area contributed by atoms with E-state index in [0.29, 0.717) is 6.54 Å². The average molecular weight is 304 g/mol. The van der Waals surface area contributed by atoms with Gasteiger partial charge in [-0.3, -0.25) is 4.90 Å². The first kappa shape index (κ1) is 16.1. The Bertz CT molecular complexity index is 448. The molecule has 1 aromatic rings. The number of ether oxygens (including phenoxy) is 1. The molecule has 1 saturated heterocycles. The Morgan fingerprint density at radius 3 is 2.67 bits per heavy atom. The second kappa shape index (κ2) is 7.11. The van der Waals surface area contributed by atoms with Gasteiger partial charge in [0, 0.05) is 32.7 Å². The maximum atomic E-state index is 12.6. The molecule has 2 N–H and O–H groups in total. The third kappa shape index (κ3) is 5.18. The number of rotatable bonds is 5. The van der Waals surface area contributed by atoms with Crippen molar-refractivity contribution in [1.29, 1.82) is 0 Å². The van der Waals surface area contributed by atoms with Crippen LogP contribution in [0.1, 0.15) is 5.56 Å². The van der Waals surface area contributed by atoms with Crippen LogP contribution in [0.25, 0.3) is 0 Å². The first-order valence-electron chi connectivity index (χ1n) is 6.86. The molecule has 7 heteroatoms. The molecule has 1 aliphatic rings. The summed E-state index contributed by atoms with van der Waals surface area (Å²) in [7, 11) is 0. The lowest BCUT2D eigenvalue weighted by molar-refractivity contribution is -0.137. The number of hydrogen-bond donors (Lipinski definition) is 2. The van der Waals surface area contributed by atoms with Crippen LogP contribution in [-0.2, 0) is 6.18 Å². The second-order valence-corrected chi connectivity index (χ2v) is 5.04. The lowest BCUT2D eigenvalue weighted by Gasteiger charge is -2.29. The van der Waals surface area contributed by atoms with Crippen LogP contribution in [0.4, 0.5) is 13.2 Å². The number of piperazine rings is 1. The minimum absolute atomic E-state index is 0.0226. The molecule has 0 saturated carbocycles. The smallest absolute Gasteiger partial charge is 0.416 e. The summed E-state index contributed by atoms with van der Waals surface area (Å²) in [5.74, 6) is 0.115. The van der Waals surface area contributed by atoms with E-state index in [1.54, 1.807) is 0 Å². The van der Waals surface area contributed by atoms with Crippen molar-refractivity contribution in [3.8, 4) is 5.75 Å². The van der Waals surface area contributed by atoms with Crippen LogP contribution >= 0.6 is 0 Å². The standard InChI is InChI=1S/C14H19F3N2O2/c15-14(16,17)11-2-1-3-13(8-11)21-10-12(20)9-19-6-4-18-5-7-19/h1-3,8,12,18,20H,4-7,9-10H2. The summed E-state index contributed by atoms with van der Waals surface area (Å²) in [6, 6.07) is 4.68. The van der Waals surface area contributed by atoms with Crippen molar-refractivity contribution in [1.82, 2.24) is 10.2 Å². The van der Waals surface area contributed by atoms with Gasteiger partial charge in [-0.1, -0.05) is 6.07 Å². The number of aliphatic hydroxyl groups is 1. The van der Waals surface area contributed by atoms with Crippen molar-refractivity contribution in [2.75, 3.05) is 39.3 Å². The predicted molar refractivity (Wildman–Crippen MR) is 72.3 cm³/mol. The minimum atomic E-state index is -4.39. The van der Waals surface area contributed by atoms with Crippen LogP contribution in [0.2, 0.25) is 0 Å². The molecular weight excluding hydrogens is 285 g/mol.